The van der Waals surface area contributed by atoms with Crippen LogP contribution in [-0.2, 0) is 24.3 Å². The zero-order valence-electron chi connectivity index (χ0n) is 26.3. The van der Waals surface area contributed by atoms with Crippen molar-refractivity contribution in [1.29, 1.82) is 0 Å². The Hall–Kier alpha value is -3.43. The zero-order valence-corrected chi connectivity index (χ0v) is 26.3. The molecule has 7 rings (SSSR count). The fourth-order valence-electron chi connectivity index (χ4n) is 6.75. The predicted octanol–water partition coefficient (Wildman–Crippen LogP) is 6.45. The van der Waals surface area contributed by atoms with Crippen LogP contribution in [0.15, 0.2) is 46.9 Å². The lowest BCUT2D eigenvalue weighted by Gasteiger charge is -2.47. The number of halogens is 1. The maximum atomic E-state index is 15.8. The van der Waals surface area contributed by atoms with Crippen molar-refractivity contribution < 1.29 is 27.8 Å². The summed E-state index contributed by atoms with van der Waals surface area (Å²) in [6.45, 7) is 6.93. The van der Waals surface area contributed by atoms with Crippen molar-refractivity contribution in [2.75, 3.05) is 38.7 Å². The van der Waals surface area contributed by atoms with Crippen LogP contribution in [0.2, 0.25) is 0 Å². The highest BCUT2D eigenvalue weighted by molar-refractivity contribution is 5.97. The second-order valence-electron chi connectivity index (χ2n) is 12.9. The Balaban J connectivity index is 1.24. The van der Waals surface area contributed by atoms with E-state index in [-0.39, 0.29) is 42.0 Å². The molecule has 4 fully saturated rings. The number of rotatable bonds is 14. The van der Waals surface area contributed by atoms with Crippen LogP contribution in [-0.4, -0.2) is 61.2 Å². The topological polar surface area (TPSA) is 77.3 Å². The summed E-state index contributed by atoms with van der Waals surface area (Å²) in [5.74, 6) is 1.56. The normalized spacial score (nSPS) is 22.0. The monoisotopic (exact) mass is 605 g/mol. The maximum Gasteiger partial charge on any atom is 0.298 e. The van der Waals surface area contributed by atoms with E-state index in [4.69, 9.17) is 18.6 Å². The summed E-state index contributed by atoms with van der Waals surface area (Å²) in [6.07, 6.45) is 5.20. The third-order valence-corrected chi connectivity index (χ3v) is 9.69. The van der Waals surface area contributed by atoms with Crippen LogP contribution < -0.4 is 14.4 Å². The minimum Gasteiger partial charge on any atom is -0.485 e. The van der Waals surface area contributed by atoms with E-state index in [1.165, 1.54) is 18.9 Å². The van der Waals surface area contributed by atoms with Gasteiger partial charge in [0.05, 0.1) is 25.7 Å². The lowest BCUT2D eigenvalue weighted by Crippen LogP contribution is -2.62. The SMILES string of the molecule is CCN(C)Cc1oc(N2CC(CC)(OC)C2)nc1C(=O)Cc1cc(F)c(OC2CC3CC(C3)C2)c(OCc2ccccc2)c1. The van der Waals surface area contributed by atoms with Gasteiger partial charge in [0, 0.05) is 13.5 Å². The molecule has 0 N–H and O–H groups in total. The molecule has 0 unspecified atom stereocenters. The molecule has 2 aromatic carbocycles. The summed E-state index contributed by atoms with van der Waals surface area (Å²) in [5, 5.41) is 0. The standard InChI is InChI=1S/C35H44FN3O5/c1-5-35(41-4)21-39(22-35)34-37-32(31(44-34)19-38(3)6-2)29(40)17-26-16-28(36)33(43-27-14-24-12-25(13-24)15-27)30(18-26)42-20-23-10-8-7-9-11-23/h7-11,16,18,24-25,27H,5-6,12-15,17,19-22H2,1-4H3. The van der Waals surface area contributed by atoms with Gasteiger partial charge in [-0.1, -0.05) is 44.2 Å². The van der Waals surface area contributed by atoms with Crippen molar-refractivity contribution in [1.82, 2.24) is 9.88 Å². The summed E-state index contributed by atoms with van der Waals surface area (Å²) in [7, 11) is 3.69. The van der Waals surface area contributed by atoms with Crippen molar-refractivity contribution in [2.24, 2.45) is 11.8 Å². The third kappa shape index (κ3) is 6.49. The Morgan fingerprint density at radius 3 is 2.48 bits per heavy atom. The molecule has 3 saturated carbocycles. The number of methoxy groups -OCH3 is 1. The smallest absolute Gasteiger partial charge is 0.298 e. The number of nitrogens with zero attached hydrogens (tertiary/aromatic N) is 3. The number of aromatic nitrogens is 1. The van der Waals surface area contributed by atoms with Gasteiger partial charge in [-0.3, -0.25) is 9.69 Å². The predicted molar refractivity (Wildman–Crippen MR) is 166 cm³/mol. The summed E-state index contributed by atoms with van der Waals surface area (Å²) in [6, 6.07) is 13.3. The van der Waals surface area contributed by atoms with Crippen LogP contribution in [0.1, 0.15) is 73.3 Å². The Morgan fingerprint density at radius 2 is 1.82 bits per heavy atom. The molecule has 9 heteroatoms. The molecule has 1 aromatic heterocycles. The number of carbonyl (C=O) groups is 1. The molecule has 236 valence electrons. The lowest BCUT2D eigenvalue weighted by molar-refractivity contribution is -0.0379. The number of ketones is 1. The van der Waals surface area contributed by atoms with Gasteiger partial charge in [-0.25, -0.2) is 4.39 Å². The van der Waals surface area contributed by atoms with Crippen LogP contribution in [0.5, 0.6) is 11.5 Å². The van der Waals surface area contributed by atoms with E-state index >= 15 is 4.39 Å². The van der Waals surface area contributed by atoms with Crippen molar-refractivity contribution in [2.45, 2.75) is 77.2 Å². The molecule has 0 radical (unpaired) electrons. The minimum absolute atomic E-state index is 0.0220. The van der Waals surface area contributed by atoms with Gasteiger partial charge in [-0.15, -0.1) is 0 Å². The zero-order chi connectivity index (χ0) is 30.8. The van der Waals surface area contributed by atoms with Gasteiger partial charge in [-0.05, 0) is 80.8 Å². The Morgan fingerprint density at radius 1 is 1.09 bits per heavy atom. The quantitative estimate of drug-likeness (QED) is 0.194. The van der Waals surface area contributed by atoms with Gasteiger partial charge in [-0.2, -0.15) is 4.98 Å². The van der Waals surface area contributed by atoms with E-state index in [2.05, 4.69) is 16.8 Å². The van der Waals surface area contributed by atoms with E-state index in [1.807, 2.05) is 49.2 Å². The first kappa shape index (κ1) is 30.6. The number of anilines is 1. The van der Waals surface area contributed by atoms with Crippen LogP contribution in [0.25, 0.3) is 0 Å². The van der Waals surface area contributed by atoms with Crippen LogP contribution in [0.3, 0.4) is 0 Å². The van der Waals surface area contributed by atoms with Gasteiger partial charge < -0.3 is 23.5 Å². The van der Waals surface area contributed by atoms with Crippen molar-refractivity contribution in [3.63, 3.8) is 0 Å². The maximum absolute atomic E-state index is 15.8. The molecule has 0 atom stereocenters. The fraction of sp³-hybridized carbons (Fsp3) is 0.543. The van der Waals surface area contributed by atoms with Gasteiger partial charge >= 0.3 is 0 Å². The van der Waals surface area contributed by atoms with Crippen molar-refractivity contribution >= 4 is 11.8 Å². The number of hydrogen-bond donors (Lipinski definition) is 0. The highest BCUT2D eigenvalue weighted by Crippen LogP contribution is 2.47. The highest BCUT2D eigenvalue weighted by Gasteiger charge is 2.44. The lowest BCUT2D eigenvalue weighted by atomic mass is 9.64. The van der Waals surface area contributed by atoms with Gasteiger partial charge in [0.15, 0.2) is 34.6 Å². The average Bonchev–Trinajstić information content (AvgIpc) is 3.41. The Kier molecular flexibility index (Phi) is 8.96. The molecule has 4 aliphatic rings. The van der Waals surface area contributed by atoms with Gasteiger partial charge in [0.1, 0.15) is 12.2 Å². The number of Topliss-reactive ketones (excluding diaryl/α,β-unsaturated/α-hetero) is 1. The summed E-state index contributed by atoms with van der Waals surface area (Å²) >= 11 is 0. The molecule has 0 amide bonds. The van der Waals surface area contributed by atoms with Gasteiger partial charge in [0.25, 0.3) is 6.01 Å². The molecule has 44 heavy (non-hydrogen) atoms. The second kappa shape index (κ2) is 12.9. The number of carbonyl (C=O) groups excluding carboxylic acids is 1. The number of benzene rings is 2. The van der Waals surface area contributed by atoms with E-state index in [0.29, 0.717) is 54.6 Å². The van der Waals surface area contributed by atoms with E-state index < -0.39 is 5.82 Å². The second-order valence-corrected chi connectivity index (χ2v) is 12.9. The molecule has 0 spiro atoms. The fourth-order valence-corrected chi connectivity index (χ4v) is 6.75. The molecule has 2 heterocycles. The number of ether oxygens (including phenoxy) is 3. The summed E-state index contributed by atoms with van der Waals surface area (Å²) < 4.78 is 40.1. The van der Waals surface area contributed by atoms with E-state index in [0.717, 1.165) is 31.4 Å². The average molecular weight is 606 g/mol. The van der Waals surface area contributed by atoms with Crippen LogP contribution in [0, 0.1) is 17.7 Å². The Labute approximate surface area is 259 Å². The molecule has 3 aromatic rings. The molecule has 2 bridgehead atoms. The third-order valence-electron chi connectivity index (χ3n) is 9.69. The van der Waals surface area contributed by atoms with Crippen molar-refractivity contribution in [3.8, 4) is 11.5 Å². The first-order chi connectivity index (χ1) is 21.3. The molecule has 3 aliphatic carbocycles. The largest absolute Gasteiger partial charge is 0.485 e. The highest BCUT2D eigenvalue weighted by atomic mass is 19.1. The Bertz CT molecular complexity index is 1430. The molecule has 1 aliphatic heterocycles. The van der Waals surface area contributed by atoms with Crippen LogP contribution >= 0.6 is 0 Å². The van der Waals surface area contributed by atoms with Gasteiger partial charge in [0.2, 0.25) is 0 Å². The number of oxazole rings is 1. The van der Waals surface area contributed by atoms with Crippen molar-refractivity contribution in [3.05, 3.63) is 70.9 Å². The van der Waals surface area contributed by atoms with E-state index in [9.17, 15) is 4.79 Å². The molecular formula is C35H44FN3O5. The molecule has 8 nitrogen and oxygen atoms in total. The number of fused-ring (bicyclic) bond motifs is 2. The van der Waals surface area contributed by atoms with E-state index in [1.54, 1.807) is 13.2 Å². The summed E-state index contributed by atoms with van der Waals surface area (Å²) in [5.41, 5.74) is 1.52. The molecular weight excluding hydrogens is 561 g/mol. The minimum atomic E-state index is -0.513. The first-order valence-electron chi connectivity index (χ1n) is 15.9. The van der Waals surface area contributed by atoms with Crippen LogP contribution in [0.4, 0.5) is 10.4 Å². The molecule has 1 saturated heterocycles. The first-order valence-corrected chi connectivity index (χ1v) is 15.9. The number of hydrogen-bond acceptors (Lipinski definition) is 8. The summed E-state index contributed by atoms with van der Waals surface area (Å²) in [4.78, 5) is 22.5.